The van der Waals surface area contributed by atoms with E-state index in [1.165, 1.54) is 0 Å². The van der Waals surface area contributed by atoms with Gasteiger partial charge in [0.15, 0.2) is 0 Å². The lowest BCUT2D eigenvalue weighted by atomic mass is 10.1. The van der Waals surface area contributed by atoms with Crippen LogP contribution in [0.2, 0.25) is 0 Å². The van der Waals surface area contributed by atoms with Crippen molar-refractivity contribution >= 4 is 6.09 Å². The van der Waals surface area contributed by atoms with Gasteiger partial charge in [0.25, 0.3) is 0 Å². The Hall–Kier alpha value is -2.30. The fourth-order valence-electron chi connectivity index (χ4n) is 1.39. The van der Waals surface area contributed by atoms with Crippen LogP contribution in [0, 0.1) is 0 Å². The molecular formula is C11H11N3O2. The highest BCUT2D eigenvalue weighted by molar-refractivity contribution is 5.66. The maximum absolute atomic E-state index is 10.5. The molecule has 0 bridgehead atoms. The van der Waals surface area contributed by atoms with Crippen LogP contribution in [0.1, 0.15) is 11.3 Å². The van der Waals surface area contributed by atoms with Crippen LogP contribution in [0.5, 0.6) is 6.01 Å². The minimum Gasteiger partial charge on any atom is -0.376 e. The van der Waals surface area contributed by atoms with E-state index in [-0.39, 0.29) is 6.01 Å². The van der Waals surface area contributed by atoms with E-state index >= 15 is 0 Å². The first kappa shape index (κ1) is 10.2. The minimum absolute atomic E-state index is 0.124. The predicted molar refractivity (Wildman–Crippen MR) is 58.0 cm³/mol. The van der Waals surface area contributed by atoms with Crippen LogP contribution in [-0.2, 0) is 6.42 Å². The average molecular weight is 217 g/mol. The number of primary amides is 1. The molecule has 0 saturated carbocycles. The van der Waals surface area contributed by atoms with Crippen LogP contribution in [0.4, 0.5) is 4.79 Å². The molecule has 0 unspecified atom stereocenters. The van der Waals surface area contributed by atoms with Crippen molar-refractivity contribution in [1.82, 2.24) is 9.97 Å². The number of nitrogens with zero attached hydrogens (tertiary/aromatic N) is 1. The first-order valence-electron chi connectivity index (χ1n) is 4.79. The molecule has 5 heteroatoms. The molecule has 0 atom stereocenters. The summed E-state index contributed by atoms with van der Waals surface area (Å²) in [6.07, 6.45) is 1.45. The van der Waals surface area contributed by atoms with Gasteiger partial charge in [0, 0.05) is 12.1 Å². The number of imidazole rings is 1. The number of nitrogens with one attached hydrogen (secondary N) is 1. The molecule has 82 valence electrons. The van der Waals surface area contributed by atoms with Gasteiger partial charge in [-0.15, -0.1) is 0 Å². The molecule has 0 radical (unpaired) electrons. The summed E-state index contributed by atoms with van der Waals surface area (Å²) in [5.74, 6) is 0. The Bertz CT molecular complexity index is 479. The normalized spacial score (nSPS) is 10.0. The third-order valence-corrected chi connectivity index (χ3v) is 2.04. The van der Waals surface area contributed by atoms with Gasteiger partial charge in [-0.2, -0.15) is 0 Å². The van der Waals surface area contributed by atoms with Crippen molar-refractivity contribution in [2.75, 3.05) is 0 Å². The number of amides is 1. The fraction of sp³-hybridized carbons (Fsp3) is 0.0909. The number of hydrogen-bond acceptors (Lipinski definition) is 3. The molecule has 2 aromatic rings. The summed E-state index contributed by atoms with van der Waals surface area (Å²) in [5.41, 5.74) is 6.88. The SMILES string of the molecule is NC(=O)Oc1ncc(Cc2ccccc2)[nH]1. The molecular weight excluding hydrogens is 206 g/mol. The molecule has 0 aliphatic heterocycles. The van der Waals surface area contributed by atoms with Crippen molar-refractivity contribution in [3.05, 3.63) is 47.8 Å². The van der Waals surface area contributed by atoms with Crippen LogP contribution in [0.3, 0.4) is 0 Å². The molecule has 16 heavy (non-hydrogen) atoms. The third kappa shape index (κ3) is 2.60. The fourth-order valence-corrected chi connectivity index (χ4v) is 1.39. The van der Waals surface area contributed by atoms with Crippen LogP contribution in [-0.4, -0.2) is 16.1 Å². The number of rotatable bonds is 3. The second-order valence-electron chi connectivity index (χ2n) is 3.30. The summed E-state index contributed by atoms with van der Waals surface area (Å²) in [5, 5.41) is 0. The van der Waals surface area contributed by atoms with Crippen molar-refractivity contribution in [3.8, 4) is 6.01 Å². The van der Waals surface area contributed by atoms with Gasteiger partial charge < -0.3 is 15.5 Å². The molecule has 0 spiro atoms. The maximum atomic E-state index is 10.5. The highest BCUT2D eigenvalue weighted by atomic mass is 16.6. The monoisotopic (exact) mass is 217 g/mol. The van der Waals surface area contributed by atoms with E-state index in [4.69, 9.17) is 5.73 Å². The van der Waals surface area contributed by atoms with Crippen molar-refractivity contribution in [2.24, 2.45) is 5.73 Å². The number of aromatic amines is 1. The summed E-state index contributed by atoms with van der Waals surface area (Å²) in [6, 6.07) is 10.0. The molecule has 3 N–H and O–H groups in total. The zero-order chi connectivity index (χ0) is 11.4. The average Bonchev–Trinajstić information content (AvgIpc) is 2.66. The number of carbonyl (C=O) groups is 1. The summed E-state index contributed by atoms with van der Waals surface area (Å²) < 4.78 is 4.60. The number of benzene rings is 1. The van der Waals surface area contributed by atoms with Gasteiger partial charge in [-0.25, -0.2) is 9.78 Å². The third-order valence-electron chi connectivity index (χ3n) is 2.04. The lowest BCUT2D eigenvalue weighted by Gasteiger charge is -1.97. The Morgan fingerprint density at radius 2 is 2.12 bits per heavy atom. The first-order valence-corrected chi connectivity index (χ1v) is 4.79. The van der Waals surface area contributed by atoms with Gasteiger partial charge in [-0.05, 0) is 5.56 Å². The van der Waals surface area contributed by atoms with E-state index < -0.39 is 6.09 Å². The highest BCUT2D eigenvalue weighted by Gasteiger charge is 2.04. The molecule has 1 heterocycles. The molecule has 0 saturated heterocycles. The van der Waals surface area contributed by atoms with Gasteiger partial charge in [-0.1, -0.05) is 30.3 Å². The van der Waals surface area contributed by atoms with E-state index in [2.05, 4.69) is 14.7 Å². The molecule has 2 rings (SSSR count). The van der Waals surface area contributed by atoms with E-state index in [0.29, 0.717) is 6.42 Å². The highest BCUT2D eigenvalue weighted by Crippen LogP contribution is 2.10. The molecule has 0 aliphatic carbocycles. The molecule has 1 aromatic carbocycles. The van der Waals surface area contributed by atoms with Crippen LogP contribution in [0.25, 0.3) is 0 Å². The Balaban J connectivity index is 2.06. The van der Waals surface area contributed by atoms with Crippen molar-refractivity contribution in [2.45, 2.75) is 6.42 Å². The zero-order valence-electron chi connectivity index (χ0n) is 8.51. The number of hydrogen-bond donors (Lipinski definition) is 2. The Labute approximate surface area is 92.3 Å². The Kier molecular flexibility index (Phi) is 2.86. The largest absolute Gasteiger partial charge is 0.412 e. The molecule has 1 aromatic heterocycles. The summed E-state index contributed by atoms with van der Waals surface area (Å²) >= 11 is 0. The summed E-state index contributed by atoms with van der Waals surface area (Å²) in [7, 11) is 0. The number of carbonyl (C=O) groups excluding carboxylic acids is 1. The van der Waals surface area contributed by atoms with E-state index in [1.54, 1.807) is 6.20 Å². The second kappa shape index (κ2) is 4.48. The quantitative estimate of drug-likeness (QED) is 0.816. The van der Waals surface area contributed by atoms with E-state index in [9.17, 15) is 4.79 Å². The number of aromatic nitrogens is 2. The lowest BCUT2D eigenvalue weighted by Crippen LogP contribution is -2.16. The van der Waals surface area contributed by atoms with E-state index in [0.717, 1.165) is 11.3 Å². The maximum Gasteiger partial charge on any atom is 0.412 e. The van der Waals surface area contributed by atoms with Crippen molar-refractivity contribution in [1.29, 1.82) is 0 Å². The Morgan fingerprint density at radius 1 is 1.38 bits per heavy atom. The summed E-state index contributed by atoms with van der Waals surface area (Å²) in [4.78, 5) is 17.2. The van der Waals surface area contributed by atoms with Crippen LogP contribution in [0.15, 0.2) is 36.5 Å². The molecule has 0 fully saturated rings. The topological polar surface area (TPSA) is 81.0 Å². The number of nitrogens with two attached hydrogens (primary N) is 1. The Morgan fingerprint density at radius 3 is 2.81 bits per heavy atom. The van der Waals surface area contributed by atoms with Crippen LogP contribution < -0.4 is 10.5 Å². The van der Waals surface area contributed by atoms with Gasteiger partial charge >= 0.3 is 12.1 Å². The minimum atomic E-state index is -0.874. The van der Waals surface area contributed by atoms with E-state index in [1.807, 2.05) is 30.3 Å². The van der Waals surface area contributed by atoms with Gasteiger partial charge in [-0.3, -0.25) is 0 Å². The second-order valence-corrected chi connectivity index (χ2v) is 3.30. The molecule has 0 aliphatic rings. The smallest absolute Gasteiger partial charge is 0.376 e. The molecule has 5 nitrogen and oxygen atoms in total. The zero-order valence-corrected chi connectivity index (χ0v) is 8.51. The van der Waals surface area contributed by atoms with Crippen molar-refractivity contribution < 1.29 is 9.53 Å². The number of ether oxygens (including phenoxy) is 1. The standard InChI is InChI=1S/C11H11N3O2/c12-10(15)16-11-13-7-9(14-11)6-8-4-2-1-3-5-8/h1-5,7H,6H2,(H2,12,15)(H,13,14). The number of H-pyrrole nitrogens is 1. The van der Waals surface area contributed by atoms with Crippen molar-refractivity contribution in [3.63, 3.8) is 0 Å². The molecule has 1 amide bonds. The summed E-state index contributed by atoms with van der Waals surface area (Å²) in [6.45, 7) is 0. The predicted octanol–water partition coefficient (Wildman–Crippen LogP) is 1.46. The van der Waals surface area contributed by atoms with Gasteiger partial charge in [0.05, 0.1) is 6.20 Å². The van der Waals surface area contributed by atoms with Crippen LogP contribution >= 0.6 is 0 Å². The first-order chi connectivity index (χ1) is 7.74. The lowest BCUT2D eigenvalue weighted by molar-refractivity contribution is 0.207. The van der Waals surface area contributed by atoms with Gasteiger partial charge in [0.1, 0.15) is 0 Å². The van der Waals surface area contributed by atoms with Gasteiger partial charge in [0.2, 0.25) is 0 Å².